The van der Waals surface area contributed by atoms with E-state index in [9.17, 15) is 0 Å². The Hall–Kier alpha value is -0.0800. The number of hydrogen-bond acceptors (Lipinski definition) is 2. The van der Waals surface area contributed by atoms with E-state index >= 15 is 0 Å². The molecule has 2 nitrogen and oxygen atoms in total. The summed E-state index contributed by atoms with van der Waals surface area (Å²) in [5.41, 5.74) is 5.87. The molecule has 0 aromatic carbocycles. The first-order valence-corrected chi connectivity index (χ1v) is 5.56. The molecule has 0 amide bonds. The first kappa shape index (κ1) is 12.9. The van der Waals surface area contributed by atoms with Crippen LogP contribution in [0.1, 0.15) is 47.0 Å². The van der Waals surface area contributed by atoms with Gasteiger partial charge in [-0.2, -0.15) is 0 Å². The first-order chi connectivity index (χ1) is 6.11. The second-order valence-corrected chi connectivity index (χ2v) is 4.18. The summed E-state index contributed by atoms with van der Waals surface area (Å²) in [6.07, 6.45) is 3.62. The van der Waals surface area contributed by atoms with Crippen LogP contribution in [0, 0.1) is 5.92 Å². The van der Waals surface area contributed by atoms with Gasteiger partial charge in [0.05, 0.1) is 0 Å². The summed E-state index contributed by atoms with van der Waals surface area (Å²) in [7, 11) is 0. The number of nitrogens with one attached hydrogen (secondary N) is 1. The fraction of sp³-hybridized carbons (Fsp3) is 1.00. The van der Waals surface area contributed by atoms with Crippen LogP contribution in [-0.4, -0.2) is 18.6 Å². The average Bonchev–Trinajstić information content (AvgIpc) is 2.19. The van der Waals surface area contributed by atoms with Crippen LogP contribution >= 0.6 is 0 Å². The summed E-state index contributed by atoms with van der Waals surface area (Å²) in [5, 5.41) is 3.57. The maximum atomic E-state index is 5.72. The van der Waals surface area contributed by atoms with Gasteiger partial charge in [0.2, 0.25) is 0 Å². The van der Waals surface area contributed by atoms with Gasteiger partial charge in [0, 0.05) is 12.1 Å². The lowest BCUT2D eigenvalue weighted by Gasteiger charge is -2.30. The fourth-order valence-electron chi connectivity index (χ4n) is 1.31. The molecule has 0 aliphatic carbocycles. The predicted octanol–water partition coefficient (Wildman–Crippen LogP) is 2.14. The highest BCUT2D eigenvalue weighted by Crippen LogP contribution is 2.11. The first-order valence-electron chi connectivity index (χ1n) is 5.56. The zero-order valence-corrected chi connectivity index (χ0v) is 9.69. The highest BCUT2D eigenvalue weighted by molar-refractivity contribution is 4.83. The summed E-state index contributed by atoms with van der Waals surface area (Å²) in [5.74, 6) is 0.803. The number of nitrogens with two attached hydrogens (primary N) is 1. The molecule has 0 aliphatic heterocycles. The lowest BCUT2D eigenvalue weighted by Crippen LogP contribution is -2.49. The van der Waals surface area contributed by atoms with Crippen LogP contribution in [0.5, 0.6) is 0 Å². The molecule has 0 saturated heterocycles. The normalized spacial score (nSPS) is 16.2. The summed E-state index contributed by atoms with van der Waals surface area (Å²) in [6.45, 7) is 10.7. The van der Waals surface area contributed by atoms with E-state index in [4.69, 9.17) is 5.73 Å². The van der Waals surface area contributed by atoms with E-state index < -0.39 is 0 Å². The molecule has 0 aliphatic rings. The van der Waals surface area contributed by atoms with Gasteiger partial charge < -0.3 is 11.1 Å². The Morgan fingerprint density at radius 3 is 2.08 bits per heavy atom. The van der Waals surface area contributed by atoms with Crippen LogP contribution in [-0.2, 0) is 0 Å². The van der Waals surface area contributed by atoms with Gasteiger partial charge in [-0.1, -0.05) is 33.6 Å². The molecule has 3 N–H and O–H groups in total. The maximum absolute atomic E-state index is 5.72. The molecule has 0 aromatic heterocycles. The summed E-state index contributed by atoms with van der Waals surface area (Å²) >= 11 is 0. The smallest absolute Gasteiger partial charge is 0.0273 e. The van der Waals surface area contributed by atoms with Gasteiger partial charge in [0.25, 0.3) is 0 Å². The zero-order valence-electron chi connectivity index (χ0n) is 9.69. The van der Waals surface area contributed by atoms with E-state index in [-0.39, 0.29) is 5.54 Å². The van der Waals surface area contributed by atoms with Crippen molar-refractivity contribution in [2.45, 2.75) is 52.5 Å². The molecule has 1 atom stereocenters. The molecule has 0 fully saturated rings. The Morgan fingerprint density at radius 2 is 1.77 bits per heavy atom. The number of hydrogen-bond donors (Lipinski definition) is 2. The van der Waals surface area contributed by atoms with Crippen molar-refractivity contribution in [3.63, 3.8) is 0 Å². The third kappa shape index (κ3) is 4.63. The third-order valence-corrected chi connectivity index (χ3v) is 3.20. The van der Waals surface area contributed by atoms with E-state index in [1.54, 1.807) is 0 Å². The quantitative estimate of drug-likeness (QED) is 0.639. The minimum atomic E-state index is 0.141. The standard InChI is InChI=1S/C11H26N2/c1-5-10(6-2)8-13-11(4,7-3)9-12/h10,13H,5-9,12H2,1-4H3. The van der Waals surface area contributed by atoms with Gasteiger partial charge in [0.1, 0.15) is 0 Å². The van der Waals surface area contributed by atoms with Crippen LogP contribution in [0.3, 0.4) is 0 Å². The van der Waals surface area contributed by atoms with E-state index in [0.29, 0.717) is 0 Å². The van der Waals surface area contributed by atoms with Crippen molar-refractivity contribution < 1.29 is 0 Å². The van der Waals surface area contributed by atoms with Gasteiger partial charge >= 0.3 is 0 Å². The molecule has 0 bridgehead atoms. The molecule has 0 heterocycles. The minimum absolute atomic E-state index is 0.141. The molecular formula is C11H26N2. The lowest BCUT2D eigenvalue weighted by atomic mass is 9.96. The minimum Gasteiger partial charge on any atom is -0.329 e. The molecule has 13 heavy (non-hydrogen) atoms. The third-order valence-electron chi connectivity index (χ3n) is 3.20. The number of rotatable bonds is 7. The highest BCUT2D eigenvalue weighted by Gasteiger charge is 2.19. The van der Waals surface area contributed by atoms with Crippen LogP contribution in [0.25, 0.3) is 0 Å². The van der Waals surface area contributed by atoms with Crippen molar-refractivity contribution in [3.8, 4) is 0 Å². The molecule has 0 saturated carbocycles. The Balaban J connectivity index is 3.83. The molecule has 80 valence electrons. The second-order valence-electron chi connectivity index (χ2n) is 4.18. The van der Waals surface area contributed by atoms with Crippen LogP contribution in [0.4, 0.5) is 0 Å². The molecule has 0 aromatic rings. The maximum Gasteiger partial charge on any atom is 0.0273 e. The summed E-state index contributed by atoms with van der Waals surface area (Å²) < 4.78 is 0. The SMILES string of the molecule is CCC(CC)CNC(C)(CC)CN. The van der Waals surface area contributed by atoms with Crippen LogP contribution in [0.15, 0.2) is 0 Å². The van der Waals surface area contributed by atoms with Crippen molar-refractivity contribution in [2.75, 3.05) is 13.1 Å². The molecule has 1 unspecified atom stereocenters. The van der Waals surface area contributed by atoms with Gasteiger partial charge in [0.15, 0.2) is 0 Å². The Kier molecular flexibility index (Phi) is 6.35. The van der Waals surface area contributed by atoms with Crippen molar-refractivity contribution in [3.05, 3.63) is 0 Å². The molecule has 2 heteroatoms. The highest BCUT2D eigenvalue weighted by atomic mass is 15.0. The Morgan fingerprint density at radius 1 is 1.23 bits per heavy atom. The topological polar surface area (TPSA) is 38.0 Å². The van der Waals surface area contributed by atoms with Crippen molar-refractivity contribution in [1.29, 1.82) is 0 Å². The zero-order chi connectivity index (χ0) is 10.3. The van der Waals surface area contributed by atoms with Crippen molar-refractivity contribution in [2.24, 2.45) is 11.7 Å². The van der Waals surface area contributed by atoms with Gasteiger partial charge in [-0.25, -0.2) is 0 Å². The van der Waals surface area contributed by atoms with Crippen LogP contribution < -0.4 is 11.1 Å². The molecular weight excluding hydrogens is 160 g/mol. The molecule has 0 spiro atoms. The second kappa shape index (κ2) is 6.39. The monoisotopic (exact) mass is 186 g/mol. The largest absolute Gasteiger partial charge is 0.329 e. The lowest BCUT2D eigenvalue weighted by molar-refractivity contribution is 0.313. The molecule has 0 radical (unpaired) electrons. The van der Waals surface area contributed by atoms with E-state index in [0.717, 1.165) is 25.4 Å². The average molecular weight is 186 g/mol. The van der Waals surface area contributed by atoms with Crippen molar-refractivity contribution in [1.82, 2.24) is 5.32 Å². The Bertz CT molecular complexity index is 115. The summed E-state index contributed by atoms with van der Waals surface area (Å²) in [6, 6.07) is 0. The predicted molar refractivity (Wildman–Crippen MR) is 59.8 cm³/mol. The molecule has 0 rings (SSSR count). The van der Waals surface area contributed by atoms with E-state index in [1.807, 2.05) is 0 Å². The van der Waals surface area contributed by atoms with E-state index in [1.165, 1.54) is 12.8 Å². The van der Waals surface area contributed by atoms with Gasteiger partial charge in [-0.15, -0.1) is 0 Å². The van der Waals surface area contributed by atoms with E-state index in [2.05, 4.69) is 33.0 Å². The summed E-state index contributed by atoms with van der Waals surface area (Å²) in [4.78, 5) is 0. The van der Waals surface area contributed by atoms with Crippen LogP contribution in [0.2, 0.25) is 0 Å². The fourth-order valence-corrected chi connectivity index (χ4v) is 1.31. The van der Waals surface area contributed by atoms with Crippen molar-refractivity contribution >= 4 is 0 Å². The van der Waals surface area contributed by atoms with Gasteiger partial charge in [-0.05, 0) is 25.8 Å². The van der Waals surface area contributed by atoms with Gasteiger partial charge in [-0.3, -0.25) is 0 Å². The Labute approximate surface area is 83.3 Å².